The molecule has 28 rings (SSSR count). The van der Waals surface area contributed by atoms with Crippen molar-refractivity contribution < 1.29 is 0 Å². The molecule has 144 heavy (non-hydrogen) atoms. The fourth-order valence-electron chi connectivity index (χ4n) is 23.0. The van der Waals surface area contributed by atoms with Crippen LogP contribution in [0.5, 0.6) is 0 Å². The Morgan fingerprint density at radius 2 is 0.215 bits per heavy atom. The lowest BCUT2D eigenvalue weighted by atomic mass is 9.83. The Balaban J connectivity index is 0.000000110. The van der Waals surface area contributed by atoms with E-state index >= 15 is 0 Å². The van der Waals surface area contributed by atoms with Crippen LogP contribution in [0.2, 0.25) is 0 Å². The summed E-state index contributed by atoms with van der Waals surface area (Å²) in [5.74, 6) is 0. The molecular formula is C144H94. The minimum absolute atomic E-state index is 1.22. The van der Waals surface area contributed by atoms with E-state index in [0.29, 0.717) is 0 Å². The van der Waals surface area contributed by atoms with Gasteiger partial charge >= 0.3 is 0 Å². The summed E-state index contributed by atoms with van der Waals surface area (Å²) in [6.45, 7) is 0. The van der Waals surface area contributed by atoms with Crippen LogP contribution in [0.1, 0.15) is 0 Å². The van der Waals surface area contributed by atoms with Crippen LogP contribution in [0, 0.1) is 0 Å². The van der Waals surface area contributed by atoms with Crippen LogP contribution in [-0.2, 0) is 0 Å². The lowest BCUT2D eigenvalue weighted by Crippen LogP contribution is -1.93. The highest BCUT2D eigenvalue weighted by atomic mass is 14.3. The van der Waals surface area contributed by atoms with Gasteiger partial charge in [0.25, 0.3) is 0 Å². The third-order valence-corrected chi connectivity index (χ3v) is 29.5. The Morgan fingerprint density at radius 3 is 0.500 bits per heavy atom. The predicted octanol–water partition coefficient (Wildman–Crippen LogP) is 40.6. The van der Waals surface area contributed by atoms with Crippen LogP contribution in [0.15, 0.2) is 570 Å². The summed E-state index contributed by atoms with van der Waals surface area (Å²) < 4.78 is 0. The molecule has 0 atom stereocenters. The van der Waals surface area contributed by atoms with Crippen LogP contribution in [0.3, 0.4) is 0 Å². The van der Waals surface area contributed by atoms with Gasteiger partial charge in [-0.3, -0.25) is 0 Å². The fourth-order valence-corrected chi connectivity index (χ4v) is 23.0. The lowest BCUT2D eigenvalue weighted by molar-refractivity contribution is 1.58. The standard InChI is InChI=1S/2C50H32.C44H30/c1-2-14-33(15-3-1)34-16-12-18-37(30-34)49-44-24-8-10-26-46(44)50(47-27-11-9-25-45(47)49)38-19-13-17-35(31-38)36-28-29-43-41-22-5-4-20-39(41)40-21-6-7-23-42(40)48(43)32-36;1-2-13-33(14-3-1)36-15-12-16-38(31-36)50-46-23-10-8-21-44(46)49(45-22-9-11-24-47(45)50)35-27-25-34(26-28-35)37-29-30-43-41-19-5-4-17-39(41)40-18-6-7-20-42(40)48(43)32-37;1-3-14-31(15-4-1)33-26-28-34(29-27-33)37-20-7-8-21-38(37)44-41-24-11-9-22-39(41)43(40-23-10-12-25-42(40)44)36-19-13-18-35(30-36)32-16-5-2-6-17-32/h2*1-32H;1-30H. The Kier molecular flexibility index (Phi) is 22.1. The minimum Gasteiger partial charge on any atom is -0.0622 e. The van der Waals surface area contributed by atoms with Gasteiger partial charge in [-0.1, -0.05) is 534 Å². The molecule has 0 heterocycles. The highest BCUT2D eigenvalue weighted by Crippen LogP contribution is 2.52. The molecule has 0 bridgehead atoms. The smallest absolute Gasteiger partial charge is 0.00201 e. The normalized spacial score (nSPS) is 11.5. The molecule has 0 saturated heterocycles. The van der Waals surface area contributed by atoms with Gasteiger partial charge in [0.1, 0.15) is 0 Å². The van der Waals surface area contributed by atoms with Gasteiger partial charge in [-0.2, -0.15) is 0 Å². The molecule has 28 aromatic rings. The summed E-state index contributed by atoms with van der Waals surface area (Å²) in [5, 5.41) is 30.8. The van der Waals surface area contributed by atoms with Gasteiger partial charge in [0.15, 0.2) is 0 Å². The van der Waals surface area contributed by atoms with Crippen molar-refractivity contribution in [1.82, 2.24) is 0 Å². The zero-order chi connectivity index (χ0) is 95.3. The molecule has 0 aliphatic rings. The van der Waals surface area contributed by atoms with E-state index < -0.39 is 0 Å². The summed E-state index contributed by atoms with van der Waals surface area (Å²) in [4.78, 5) is 0. The summed E-state index contributed by atoms with van der Waals surface area (Å²) in [5.41, 5.74) is 32.2. The molecular weight excluding hydrogens is 1730 g/mol. The number of hydrogen-bond acceptors (Lipinski definition) is 0. The molecule has 0 nitrogen and oxygen atoms in total. The summed E-state index contributed by atoms with van der Waals surface area (Å²) in [7, 11) is 0. The van der Waals surface area contributed by atoms with E-state index in [1.54, 1.807) is 0 Å². The summed E-state index contributed by atoms with van der Waals surface area (Å²) in [6, 6.07) is 208. The molecule has 0 aromatic heterocycles. The maximum absolute atomic E-state index is 2.39. The SMILES string of the molecule is c1ccc(-c2ccc(-c3ccccc3-c3c4ccccc4c(-c4cccc(-c5ccccc5)c4)c4ccccc34)cc2)cc1.c1ccc(-c2cccc(-c3c4ccccc4c(-c4ccc(-c5ccc6c7ccccc7c7ccccc7c6c5)cc4)c4ccccc34)c2)cc1.c1ccc(-c2cccc(-c3c4ccccc4c(-c4cccc(-c5ccc6c7ccccc7c7ccccc7c6c5)c4)c4ccccc34)c2)cc1. The van der Waals surface area contributed by atoms with Crippen molar-refractivity contribution in [3.63, 3.8) is 0 Å². The second kappa shape index (κ2) is 37.2. The van der Waals surface area contributed by atoms with E-state index in [4.69, 9.17) is 0 Å². The third-order valence-electron chi connectivity index (χ3n) is 29.5. The molecule has 0 spiro atoms. The number of hydrogen-bond donors (Lipinski definition) is 0. The highest BCUT2D eigenvalue weighted by molar-refractivity contribution is 6.29. The first-order valence-electron chi connectivity index (χ1n) is 49.9. The number of rotatable bonds is 13. The average Bonchev–Trinajstić information content (AvgIpc) is 0.728. The van der Waals surface area contributed by atoms with Crippen molar-refractivity contribution in [3.05, 3.63) is 570 Å². The Labute approximate surface area is 837 Å². The molecule has 0 amide bonds. The van der Waals surface area contributed by atoms with Crippen molar-refractivity contribution in [2.75, 3.05) is 0 Å². The second-order valence-corrected chi connectivity index (χ2v) is 37.7. The van der Waals surface area contributed by atoms with E-state index in [1.807, 2.05) is 0 Å². The molecule has 0 fully saturated rings. The lowest BCUT2D eigenvalue weighted by Gasteiger charge is -2.20. The molecule has 0 heteroatoms. The van der Waals surface area contributed by atoms with Crippen LogP contribution >= 0.6 is 0 Å². The van der Waals surface area contributed by atoms with Crippen molar-refractivity contribution in [3.8, 4) is 145 Å². The van der Waals surface area contributed by atoms with E-state index in [2.05, 4.69) is 570 Å². The molecule has 0 aliphatic carbocycles. The monoisotopic (exact) mass is 1820 g/mol. The van der Waals surface area contributed by atoms with Crippen molar-refractivity contribution in [2.24, 2.45) is 0 Å². The first kappa shape index (κ1) is 85.7. The first-order valence-corrected chi connectivity index (χ1v) is 49.9. The maximum atomic E-state index is 2.39. The zero-order valence-corrected chi connectivity index (χ0v) is 79.3. The Bertz CT molecular complexity index is 9600. The first-order chi connectivity index (χ1) is 71.5. The molecule has 670 valence electrons. The predicted molar refractivity (Wildman–Crippen MR) is 620 cm³/mol. The molecule has 0 N–H and O–H groups in total. The molecule has 0 radical (unpaired) electrons. The van der Waals surface area contributed by atoms with Gasteiger partial charge in [-0.25, -0.2) is 0 Å². The van der Waals surface area contributed by atoms with Crippen molar-refractivity contribution in [2.45, 2.75) is 0 Å². The van der Waals surface area contributed by atoms with E-state index in [0.717, 1.165) is 0 Å². The van der Waals surface area contributed by atoms with Crippen LogP contribution < -0.4 is 0 Å². The molecule has 28 aromatic carbocycles. The Morgan fingerprint density at radius 1 is 0.0625 bits per heavy atom. The van der Waals surface area contributed by atoms with Crippen LogP contribution in [-0.4, -0.2) is 0 Å². The van der Waals surface area contributed by atoms with Gasteiger partial charge in [-0.15, -0.1) is 0 Å². The number of fused-ring (bicyclic) bond motifs is 18. The molecule has 0 unspecified atom stereocenters. The Hall–Kier alpha value is -18.7. The molecule has 0 aliphatic heterocycles. The van der Waals surface area contributed by atoms with Gasteiger partial charge in [-0.05, 0) is 310 Å². The molecule has 0 saturated carbocycles. The topological polar surface area (TPSA) is 0 Å². The zero-order valence-electron chi connectivity index (χ0n) is 79.3. The van der Waals surface area contributed by atoms with Gasteiger partial charge in [0.2, 0.25) is 0 Å². The van der Waals surface area contributed by atoms with Crippen LogP contribution in [0.4, 0.5) is 0 Å². The third kappa shape index (κ3) is 15.6. The fraction of sp³-hybridized carbons (Fsp3) is 0. The van der Waals surface area contributed by atoms with E-state index in [-0.39, 0.29) is 0 Å². The average molecular weight is 1820 g/mol. The largest absolute Gasteiger partial charge is 0.0622 e. The van der Waals surface area contributed by atoms with Gasteiger partial charge in [0, 0.05) is 0 Å². The van der Waals surface area contributed by atoms with E-state index in [1.165, 1.54) is 274 Å². The maximum Gasteiger partial charge on any atom is -0.00201 e. The summed E-state index contributed by atoms with van der Waals surface area (Å²) >= 11 is 0. The van der Waals surface area contributed by atoms with Crippen molar-refractivity contribution >= 4 is 129 Å². The van der Waals surface area contributed by atoms with Gasteiger partial charge in [0.05, 0.1) is 0 Å². The van der Waals surface area contributed by atoms with Crippen LogP contribution in [0.25, 0.3) is 274 Å². The minimum atomic E-state index is 1.22. The quantitative estimate of drug-likeness (QED) is 0.0797. The highest BCUT2D eigenvalue weighted by Gasteiger charge is 2.25. The number of benzene rings is 28. The van der Waals surface area contributed by atoms with Crippen molar-refractivity contribution in [1.29, 1.82) is 0 Å². The van der Waals surface area contributed by atoms with Gasteiger partial charge < -0.3 is 0 Å². The van der Waals surface area contributed by atoms with E-state index in [9.17, 15) is 0 Å². The summed E-state index contributed by atoms with van der Waals surface area (Å²) in [6.07, 6.45) is 0. The second-order valence-electron chi connectivity index (χ2n) is 37.7.